The molecule has 1 aliphatic heterocycles. The van der Waals surface area contributed by atoms with E-state index in [1.807, 2.05) is 0 Å². The first-order chi connectivity index (χ1) is 10.8. The molecule has 3 aliphatic rings. The smallest absolute Gasteiger partial charge is 0.226 e. The zero-order chi connectivity index (χ0) is 14.9. The van der Waals surface area contributed by atoms with Crippen LogP contribution in [-0.2, 0) is 11.3 Å². The van der Waals surface area contributed by atoms with Gasteiger partial charge in [0.25, 0.3) is 0 Å². The van der Waals surface area contributed by atoms with Crippen LogP contribution in [0.4, 0.5) is 0 Å². The molecule has 2 aliphatic carbocycles. The van der Waals surface area contributed by atoms with E-state index in [1.165, 1.54) is 18.4 Å². The van der Waals surface area contributed by atoms with Crippen molar-refractivity contribution < 1.29 is 4.79 Å². The van der Waals surface area contributed by atoms with Crippen molar-refractivity contribution in [1.82, 2.24) is 9.80 Å². The van der Waals surface area contributed by atoms with Gasteiger partial charge in [0.1, 0.15) is 0 Å². The maximum absolute atomic E-state index is 12.6. The second-order valence-electron chi connectivity index (χ2n) is 7.24. The molecule has 0 unspecified atom stereocenters. The number of hydrogen-bond acceptors (Lipinski definition) is 2. The first-order valence-corrected chi connectivity index (χ1v) is 8.90. The van der Waals surface area contributed by atoms with Crippen LogP contribution in [0.2, 0.25) is 0 Å². The lowest BCUT2D eigenvalue weighted by Crippen LogP contribution is -2.48. The van der Waals surface area contributed by atoms with Crippen LogP contribution in [0, 0.1) is 5.92 Å². The van der Waals surface area contributed by atoms with Gasteiger partial charge in [-0.15, -0.1) is 0 Å². The maximum atomic E-state index is 12.6. The van der Waals surface area contributed by atoms with Gasteiger partial charge < -0.3 is 4.90 Å². The lowest BCUT2D eigenvalue weighted by molar-refractivity contribution is -0.136. The molecule has 22 heavy (non-hydrogen) atoms. The number of piperidine rings is 1. The molecule has 118 valence electrons. The predicted molar refractivity (Wildman–Crippen MR) is 87.3 cm³/mol. The van der Waals surface area contributed by atoms with Crippen LogP contribution in [0.1, 0.15) is 44.1 Å². The van der Waals surface area contributed by atoms with Gasteiger partial charge in [0.05, 0.1) is 0 Å². The molecule has 0 spiro atoms. The highest BCUT2D eigenvalue weighted by Gasteiger charge is 2.43. The topological polar surface area (TPSA) is 23.6 Å². The summed E-state index contributed by atoms with van der Waals surface area (Å²) >= 11 is 0. The van der Waals surface area contributed by atoms with Gasteiger partial charge in [0, 0.05) is 37.6 Å². The Kier molecular flexibility index (Phi) is 3.91. The van der Waals surface area contributed by atoms with Crippen LogP contribution < -0.4 is 0 Å². The Bertz CT molecular complexity index is 513. The lowest BCUT2D eigenvalue weighted by Gasteiger charge is -2.39. The molecule has 3 heteroatoms. The van der Waals surface area contributed by atoms with Crippen molar-refractivity contribution in [3.05, 3.63) is 35.9 Å². The van der Waals surface area contributed by atoms with E-state index in [0.29, 0.717) is 23.9 Å². The molecular formula is C19H26N2O. The highest BCUT2D eigenvalue weighted by Crippen LogP contribution is 2.38. The number of hydrogen-bond donors (Lipinski definition) is 0. The fourth-order valence-corrected chi connectivity index (χ4v) is 3.75. The highest BCUT2D eigenvalue weighted by atomic mass is 16.2. The Labute approximate surface area is 133 Å². The SMILES string of the molecule is O=C(C1CC1)N(C1CC1)C1CCN(Cc2ccccc2)CC1. The third kappa shape index (κ3) is 3.19. The Balaban J connectivity index is 1.33. The molecule has 0 radical (unpaired) electrons. The van der Waals surface area contributed by atoms with Crippen LogP contribution in [0.25, 0.3) is 0 Å². The van der Waals surface area contributed by atoms with Gasteiger partial charge in [-0.1, -0.05) is 30.3 Å². The molecule has 0 N–H and O–H groups in total. The van der Waals surface area contributed by atoms with Gasteiger partial charge >= 0.3 is 0 Å². The minimum atomic E-state index is 0.378. The first kappa shape index (κ1) is 14.3. The monoisotopic (exact) mass is 298 g/mol. The second kappa shape index (κ2) is 6.04. The first-order valence-electron chi connectivity index (χ1n) is 8.90. The summed E-state index contributed by atoms with van der Waals surface area (Å²) in [4.78, 5) is 17.4. The molecule has 1 heterocycles. The van der Waals surface area contributed by atoms with Crippen LogP contribution in [-0.4, -0.2) is 40.9 Å². The summed E-state index contributed by atoms with van der Waals surface area (Å²) in [5, 5.41) is 0. The average molecular weight is 298 g/mol. The van der Waals surface area contributed by atoms with Crippen molar-refractivity contribution >= 4 is 5.91 Å². The van der Waals surface area contributed by atoms with Crippen LogP contribution >= 0.6 is 0 Å². The number of amides is 1. The lowest BCUT2D eigenvalue weighted by atomic mass is 10.0. The van der Waals surface area contributed by atoms with E-state index < -0.39 is 0 Å². The van der Waals surface area contributed by atoms with E-state index in [-0.39, 0.29) is 0 Å². The Hall–Kier alpha value is -1.35. The molecular weight excluding hydrogens is 272 g/mol. The highest BCUT2D eigenvalue weighted by molar-refractivity contribution is 5.82. The molecule has 3 nitrogen and oxygen atoms in total. The van der Waals surface area contributed by atoms with E-state index in [2.05, 4.69) is 40.1 Å². The van der Waals surface area contributed by atoms with Gasteiger partial charge in [-0.3, -0.25) is 9.69 Å². The minimum absolute atomic E-state index is 0.378. The Morgan fingerprint density at radius 3 is 2.18 bits per heavy atom. The van der Waals surface area contributed by atoms with Gasteiger partial charge in [-0.05, 0) is 44.1 Å². The number of benzene rings is 1. The van der Waals surface area contributed by atoms with Gasteiger partial charge in [-0.2, -0.15) is 0 Å². The third-order valence-electron chi connectivity index (χ3n) is 5.32. The third-order valence-corrected chi connectivity index (χ3v) is 5.32. The van der Waals surface area contributed by atoms with Gasteiger partial charge in [-0.25, -0.2) is 0 Å². The predicted octanol–water partition coefficient (Wildman–Crippen LogP) is 3.05. The summed E-state index contributed by atoms with van der Waals surface area (Å²) in [7, 11) is 0. The second-order valence-corrected chi connectivity index (χ2v) is 7.24. The fourth-order valence-electron chi connectivity index (χ4n) is 3.75. The number of nitrogens with zero attached hydrogens (tertiary/aromatic N) is 2. The quantitative estimate of drug-likeness (QED) is 0.834. The van der Waals surface area contributed by atoms with E-state index in [0.717, 1.165) is 45.3 Å². The van der Waals surface area contributed by atoms with Crippen molar-refractivity contribution in [3.8, 4) is 0 Å². The molecule has 0 atom stereocenters. The summed E-state index contributed by atoms with van der Waals surface area (Å²) in [5.74, 6) is 0.854. The van der Waals surface area contributed by atoms with E-state index >= 15 is 0 Å². The van der Waals surface area contributed by atoms with E-state index in [1.54, 1.807) is 0 Å². The molecule has 0 aromatic heterocycles. The zero-order valence-corrected chi connectivity index (χ0v) is 13.3. The summed E-state index contributed by atoms with van der Waals surface area (Å²) in [6.45, 7) is 3.30. The molecule has 1 aromatic rings. The van der Waals surface area contributed by atoms with Gasteiger partial charge in [0.15, 0.2) is 0 Å². The standard InChI is InChI=1S/C19H26N2O/c22-19(16-6-7-16)21(17-8-9-17)18-10-12-20(13-11-18)14-15-4-2-1-3-5-15/h1-5,16-18H,6-14H2. The number of carbonyl (C=O) groups is 1. The van der Waals surface area contributed by atoms with Crippen molar-refractivity contribution in [2.45, 2.75) is 57.2 Å². The molecule has 1 amide bonds. The Morgan fingerprint density at radius 2 is 1.59 bits per heavy atom. The molecule has 2 saturated carbocycles. The average Bonchev–Trinajstić information content (AvgIpc) is 3.43. The molecule has 4 rings (SSSR count). The zero-order valence-electron chi connectivity index (χ0n) is 13.3. The normalized spacial score (nSPS) is 23.5. The summed E-state index contributed by atoms with van der Waals surface area (Å²) in [6, 6.07) is 11.8. The number of rotatable bonds is 5. The van der Waals surface area contributed by atoms with E-state index in [4.69, 9.17) is 0 Å². The molecule has 1 saturated heterocycles. The van der Waals surface area contributed by atoms with E-state index in [9.17, 15) is 4.79 Å². The fraction of sp³-hybridized carbons (Fsp3) is 0.632. The molecule has 3 fully saturated rings. The van der Waals surface area contributed by atoms with Crippen LogP contribution in [0.3, 0.4) is 0 Å². The van der Waals surface area contributed by atoms with Crippen molar-refractivity contribution in [1.29, 1.82) is 0 Å². The maximum Gasteiger partial charge on any atom is 0.226 e. The summed E-state index contributed by atoms with van der Waals surface area (Å²) < 4.78 is 0. The number of likely N-dealkylation sites (tertiary alicyclic amines) is 1. The Morgan fingerprint density at radius 1 is 0.955 bits per heavy atom. The minimum Gasteiger partial charge on any atom is -0.336 e. The van der Waals surface area contributed by atoms with Crippen LogP contribution in [0.5, 0.6) is 0 Å². The number of carbonyl (C=O) groups excluding carboxylic acids is 1. The summed E-state index contributed by atoms with van der Waals surface area (Å²) in [6.07, 6.45) is 7.05. The van der Waals surface area contributed by atoms with Crippen molar-refractivity contribution in [3.63, 3.8) is 0 Å². The molecule has 0 bridgehead atoms. The van der Waals surface area contributed by atoms with Crippen LogP contribution in [0.15, 0.2) is 30.3 Å². The largest absolute Gasteiger partial charge is 0.336 e. The van der Waals surface area contributed by atoms with Gasteiger partial charge in [0.2, 0.25) is 5.91 Å². The summed E-state index contributed by atoms with van der Waals surface area (Å²) in [5.41, 5.74) is 1.40. The van der Waals surface area contributed by atoms with Crippen molar-refractivity contribution in [2.24, 2.45) is 5.92 Å². The van der Waals surface area contributed by atoms with Crippen molar-refractivity contribution in [2.75, 3.05) is 13.1 Å². The molecule has 1 aromatic carbocycles.